The summed E-state index contributed by atoms with van der Waals surface area (Å²) in [7, 11) is 0. The molecule has 1 heterocycles. The van der Waals surface area contributed by atoms with Gasteiger partial charge < -0.3 is 4.74 Å². The Morgan fingerprint density at radius 3 is 2.78 bits per heavy atom. The Labute approximate surface area is 109 Å². The van der Waals surface area contributed by atoms with E-state index >= 15 is 0 Å². The van der Waals surface area contributed by atoms with E-state index in [1.807, 2.05) is 25.1 Å². The normalized spacial score (nSPS) is 10.9. The molecule has 100 valence electrons. The van der Waals surface area contributed by atoms with Crippen LogP contribution in [0.4, 0.5) is 0 Å². The van der Waals surface area contributed by atoms with Gasteiger partial charge in [0, 0.05) is 30.9 Å². The molecule has 0 aromatic carbocycles. The smallest absolute Gasteiger partial charge is 0.320 e. The fourth-order valence-electron chi connectivity index (χ4n) is 1.70. The van der Waals surface area contributed by atoms with Crippen LogP contribution < -0.4 is 0 Å². The molecule has 4 nitrogen and oxygen atoms in total. The molecule has 0 unspecified atom stereocenters. The van der Waals surface area contributed by atoms with Crippen LogP contribution in [0.5, 0.6) is 0 Å². The lowest BCUT2D eigenvalue weighted by Gasteiger charge is -2.25. The Balaban J connectivity index is 2.46. The molecule has 0 N–H and O–H groups in total. The highest BCUT2D eigenvalue weighted by atomic mass is 16.5. The van der Waals surface area contributed by atoms with Gasteiger partial charge in [0.2, 0.25) is 0 Å². The van der Waals surface area contributed by atoms with Gasteiger partial charge in [-0.2, -0.15) is 0 Å². The monoisotopic (exact) mass is 250 g/mol. The summed E-state index contributed by atoms with van der Waals surface area (Å²) in [5.74, 6) is -0.160. The number of rotatable bonds is 7. The average molecular weight is 250 g/mol. The molecule has 18 heavy (non-hydrogen) atoms. The van der Waals surface area contributed by atoms with E-state index in [2.05, 4.69) is 23.7 Å². The quantitative estimate of drug-likeness (QED) is 0.693. The summed E-state index contributed by atoms with van der Waals surface area (Å²) in [6, 6.07) is 6.21. The van der Waals surface area contributed by atoms with Gasteiger partial charge in [-0.25, -0.2) is 0 Å². The van der Waals surface area contributed by atoms with Gasteiger partial charge in [-0.3, -0.25) is 14.7 Å². The van der Waals surface area contributed by atoms with Gasteiger partial charge in [0.25, 0.3) is 0 Å². The van der Waals surface area contributed by atoms with Crippen molar-refractivity contribution in [2.24, 2.45) is 0 Å². The fraction of sp³-hybridized carbons (Fsp3) is 0.571. The van der Waals surface area contributed by atoms with Crippen molar-refractivity contribution in [1.29, 1.82) is 0 Å². The van der Waals surface area contributed by atoms with Crippen molar-refractivity contribution in [2.45, 2.75) is 33.2 Å². The first-order valence-electron chi connectivity index (χ1n) is 6.43. The molecule has 0 aliphatic heterocycles. The molecule has 1 aromatic rings. The van der Waals surface area contributed by atoms with E-state index in [1.165, 1.54) is 0 Å². The molecule has 0 bridgehead atoms. The van der Waals surface area contributed by atoms with Crippen LogP contribution in [-0.2, 0) is 16.0 Å². The van der Waals surface area contributed by atoms with Gasteiger partial charge >= 0.3 is 5.97 Å². The largest absolute Gasteiger partial charge is 0.465 e. The summed E-state index contributed by atoms with van der Waals surface area (Å²) in [5, 5.41) is 0. The molecule has 0 amide bonds. The summed E-state index contributed by atoms with van der Waals surface area (Å²) in [6.07, 6.45) is 2.64. The van der Waals surface area contributed by atoms with Gasteiger partial charge in [0.05, 0.1) is 13.2 Å². The van der Waals surface area contributed by atoms with Gasteiger partial charge in [-0.1, -0.05) is 6.07 Å². The van der Waals surface area contributed by atoms with Gasteiger partial charge in [-0.05, 0) is 32.9 Å². The standard InChI is InChI=1S/C14H22N2O2/c1-4-18-14(17)11-16(12(2)3)10-8-13-7-5-6-9-15-13/h5-7,9,12H,4,8,10-11H2,1-3H3. The molecule has 1 rings (SSSR count). The maximum atomic E-state index is 11.5. The van der Waals surface area contributed by atoms with Crippen molar-refractivity contribution in [2.75, 3.05) is 19.7 Å². The molecule has 0 fully saturated rings. The third kappa shape index (κ3) is 5.27. The molecular weight excluding hydrogens is 228 g/mol. The molecule has 0 aliphatic rings. The molecule has 1 aromatic heterocycles. The third-order valence-electron chi connectivity index (χ3n) is 2.75. The predicted molar refractivity (Wildman–Crippen MR) is 71.3 cm³/mol. The minimum absolute atomic E-state index is 0.160. The Hall–Kier alpha value is -1.42. The summed E-state index contributed by atoms with van der Waals surface area (Å²) in [4.78, 5) is 17.9. The second-order valence-electron chi connectivity index (χ2n) is 4.44. The van der Waals surface area contributed by atoms with Gasteiger partial charge in [0.15, 0.2) is 0 Å². The number of esters is 1. The number of carbonyl (C=O) groups is 1. The second kappa shape index (κ2) is 7.82. The fourth-order valence-corrected chi connectivity index (χ4v) is 1.70. The average Bonchev–Trinajstić information content (AvgIpc) is 2.35. The highest BCUT2D eigenvalue weighted by molar-refractivity contribution is 5.71. The van der Waals surface area contributed by atoms with Crippen molar-refractivity contribution in [3.05, 3.63) is 30.1 Å². The Morgan fingerprint density at radius 2 is 2.22 bits per heavy atom. The predicted octanol–water partition coefficient (Wildman–Crippen LogP) is 1.90. The summed E-state index contributed by atoms with van der Waals surface area (Å²) >= 11 is 0. The van der Waals surface area contributed by atoms with E-state index in [0.29, 0.717) is 19.2 Å². The Bertz CT molecular complexity index is 352. The van der Waals surface area contributed by atoms with E-state index in [0.717, 1.165) is 18.7 Å². The van der Waals surface area contributed by atoms with Gasteiger partial charge in [-0.15, -0.1) is 0 Å². The first-order valence-corrected chi connectivity index (χ1v) is 6.43. The summed E-state index contributed by atoms with van der Waals surface area (Å²) < 4.78 is 4.98. The van der Waals surface area contributed by atoms with Crippen LogP contribution in [0, 0.1) is 0 Å². The van der Waals surface area contributed by atoms with Crippen molar-refractivity contribution in [3.8, 4) is 0 Å². The SMILES string of the molecule is CCOC(=O)CN(CCc1ccccn1)C(C)C. The Morgan fingerprint density at radius 1 is 1.44 bits per heavy atom. The lowest BCUT2D eigenvalue weighted by molar-refractivity contribution is -0.144. The third-order valence-corrected chi connectivity index (χ3v) is 2.75. The zero-order chi connectivity index (χ0) is 13.4. The first kappa shape index (κ1) is 14.6. The van der Waals surface area contributed by atoms with Crippen LogP contribution >= 0.6 is 0 Å². The number of hydrogen-bond donors (Lipinski definition) is 0. The number of ether oxygens (including phenoxy) is 1. The number of nitrogens with zero attached hydrogens (tertiary/aromatic N) is 2. The first-order chi connectivity index (χ1) is 8.63. The number of hydrogen-bond acceptors (Lipinski definition) is 4. The lowest BCUT2D eigenvalue weighted by atomic mass is 10.2. The highest BCUT2D eigenvalue weighted by Gasteiger charge is 2.14. The molecule has 0 saturated carbocycles. The van der Waals surface area contributed by atoms with Crippen LogP contribution in [0.25, 0.3) is 0 Å². The maximum absolute atomic E-state index is 11.5. The van der Waals surface area contributed by atoms with Crippen molar-refractivity contribution < 1.29 is 9.53 Å². The number of aromatic nitrogens is 1. The molecule has 0 saturated heterocycles. The van der Waals surface area contributed by atoms with E-state index < -0.39 is 0 Å². The number of pyridine rings is 1. The summed E-state index contributed by atoms with van der Waals surface area (Å²) in [6.45, 7) is 7.58. The van der Waals surface area contributed by atoms with Crippen LogP contribution in [0.15, 0.2) is 24.4 Å². The zero-order valence-corrected chi connectivity index (χ0v) is 11.4. The van der Waals surface area contributed by atoms with Crippen molar-refractivity contribution in [1.82, 2.24) is 9.88 Å². The molecule has 0 spiro atoms. The van der Waals surface area contributed by atoms with Gasteiger partial charge in [0.1, 0.15) is 0 Å². The second-order valence-corrected chi connectivity index (χ2v) is 4.44. The lowest BCUT2D eigenvalue weighted by Crippen LogP contribution is -2.38. The van der Waals surface area contributed by atoms with E-state index in [9.17, 15) is 4.79 Å². The van der Waals surface area contributed by atoms with E-state index in [-0.39, 0.29) is 5.97 Å². The molecule has 0 atom stereocenters. The van der Waals surface area contributed by atoms with E-state index in [4.69, 9.17) is 4.74 Å². The molecule has 4 heteroatoms. The van der Waals surface area contributed by atoms with Crippen molar-refractivity contribution >= 4 is 5.97 Å². The topological polar surface area (TPSA) is 42.4 Å². The zero-order valence-electron chi connectivity index (χ0n) is 11.4. The molecule has 0 radical (unpaired) electrons. The van der Waals surface area contributed by atoms with Crippen LogP contribution in [0.2, 0.25) is 0 Å². The number of carbonyl (C=O) groups excluding carboxylic acids is 1. The minimum atomic E-state index is -0.160. The highest BCUT2D eigenvalue weighted by Crippen LogP contribution is 2.03. The van der Waals surface area contributed by atoms with Crippen LogP contribution in [-0.4, -0.2) is 41.6 Å². The molecule has 0 aliphatic carbocycles. The molecular formula is C14H22N2O2. The summed E-state index contributed by atoms with van der Waals surface area (Å²) in [5.41, 5.74) is 1.05. The van der Waals surface area contributed by atoms with Crippen LogP contribution in [0.1, 0.15) is 26.5 Å². The minimum Gasteiger partial charge on any atom is -0.465 e. The maximum Gasteiger partial charge on any atom is 0.320 e. The van der Waals surface area contributed by atoms with Crippen LogP contribution in [0.3, 0.4) is 0 Å². The van der Waals surface area contributed by atoms with E-state index in [1.54, 1.807) is 6.20 Å². The van der Waals surface area contributed by atoms with Crippen molar-refractivity contribution in [3.63, 3.8) is 0 Å². The Kier molecular flexibility index (Phi) is 6.36.